The molecule has 1 amide bonds. The number of likely N-dealkylation sites (tertiary alicyclic amines) is 1. The molecule has 4 rings (SSSR count). The van der Waals surface area contributed by atoms with Crippen molar-refractivity contribution in [1.29, 1.82) is 0 Å². The Bertz CT molecular complexity index is 793. The number of H-pyrrole nitrogens is 1. The smallest absolute Gasteiger partial charge is 0.255 e. The number of carbonyl (C=O) groups is 1. The SMILES string of the molecule is O=C(c1ccc2cncn2c1)N1CCCC[C@@H]1c1ncn[nH]1. The van der Waals surface area contributed by atoms with Gasteiger partial charge in [-0.3, -0.25) is 9.89 Å². The second kappa shape index (κ2) is 5.25. The molecule has 0 unspecified atom stereocenters. The number of nitrogens with one attached hydrogen (secondary N) is 1. The van der Waals surface area contributed by atoms with E-state index in [-0.39, 0.29) is 11.9 Å². The van der Waals surface area contributed by atoms with Gasteiger partial charge in [0, 0.05) is 12.7 Å². The summed E-state index contributed by atoms with van der Waals surface area (Å²) < 4.78 is 1.86. The molecule has 1 aliphatic heterocycles. The standard InChI is InChI=1S/C15H16N6O/c22-15(11-4-5-12-7-16-10-20(12)8-11)21-6-2-1-3-13(21)14-17-9-18-19-14/h4-5,7-10,13H,1-3,6H2,(H,17,18,19)/t13-/m1/s1. The van der Waals surface area contributed by atoms with Gasteiger partial charge in [-0.25, -0.2) is 9.97 Å². The summed E-state index contributed by atoms with van der Waals surface area (Å²) in [5.41, 5.74) is 1.64. The van der Waals surface area contributed by atoms with Crippen molar-refractivity contribution < 1.29 is 4.79 Å². The maximum Gasteiger partial charge on any atom is 0.255 e. The van der Waals surface area contributed by atoms with Gasteiger partial charge in [-0.1, -0.05) is 0 Å². The first kappa shape index (κ1) is 13.0. The highest BCUT2D eigenvalue weighted by molar-refractivity contribution is 5.94. The van der Waals surface area contributed by atoms with E-state index in [1.54, 1.807) is 12.5 Å². The number of hydrogen-bond acceptors (Lipinski definition) is 4. The highest BCUT2D eigenvalue weighted by atomic mass is 16.2. The summed E-state index contributed by atoms with van der Waals surface area (Å²) in [4.78, 5) is 23.1. The molecule has 0 aromatic carbocycles. The first-order valence-electron chi connectivity index (χ1n) is 7.41. The van der Waals surface area contributed by atoms with Gasteiger partial charge in [-0.05, 0) is 31.4 Å². The second-order valence-corrected chi connectivity index (χ2v) is 5.52. The summed E-state index contributed by atoms with van der Waals surface area (Å²) in [6.07, 6.45) is 9.82. The number of aromatic amines is 1. The molecule has 7 heteroatoms. The summed E-state index contributed by atoms with van der Waals surface area (Å²) in [6, 6.07) is 3.74. The van der Waals surface area contributed by atoms with Crippen LogP contribution in [0.25, 0.3) is 5.52 Å². The molecule has 3 aromatic heterocycles. The van der Waals surface area contributed by atoms with Crippen molar-refractivity contribution in [2.45, 2.75) is 25.3 Å². The van der Waals surface area contributed by atoms with Crippen LogP contribution in [-0.2, 0) is 0 Å². The predicted octanol–water partition coefficient (Wildman–Crippen LogP) is 1.82. The van der Waals surface area contributed by atoms with Gasteiger partial charge in [0.1, 0.15) is 12.2 Å². The number of pyridine rings is 1. The number of amides is 1. The molecule has 0 saturated carbocycles. The first-order valence-corrected chi connectivity index (χ1v) is 7.41. The molecule has 0 aliphatic carbocycles. The van der Waals surface area contributed by atoms with Crippen molar-refractivity contribution in [3.05, 3.63) is 48.6 Å². The third-order valence-corrected chi connectivity index (χ3v) is 4.17. The van der Waals surface area contributed by atoms with Gasteiger partial charge in [0.2, 0.25) is 0 Å². The largest absolute Gasteiger partial charge is 0.328 e. The van der Waals surface area contributed by atoms with Gasteiger partial charge in [0.05, 0.1) is 29.6 Å². The summed E-state index contributed by atoms with van der Waals surface area (Å²) >= 11 is 0. The Morgan fingerprint density at radius 1 is 1.32 bits per heavy atom. The second-order valence-electron chi connectivity index (χ2n) is 5.52. The summed E-state index contributed by atoms with van der Waals surface area (Å²) in [5.74, 6) is 0.786. The lowest BCUT2D eigenvalue weighted by Crippen LogP contribution is -2.39. The van der Waals surface area contributed by atoms with Crippen LogP contribution >= 0.6 is 0 Å². The Labute approximate surface area is 127 Å². The molecule has 0 spiro atoms. The average molecular weight is 296 g/mol. The third kappa shape index (κ3) is 2.14. The van der Waals surface area contributed by atoms with Crippen molar-refractivity contribution in [3.63, 3.8) is 0 Å². The van der Waals surface area contributed by atoms with Crippen LogP contribution in [0, 0.1) is 0 Å². The van der Waals surface area contributed by atoms with E-state index < -0.39 is 0 Å². The lowest BCUT2D eigenvalue weighted by molar-refractivity contribution is 0.0600. The van der Waals surface area contributed by atoms with Crippen LogP contribution in [0.2, 0.25) is 0 Å². The van der Waals surface area contributed by atoms with E-state index in [0.717, 1.165) is 37.1 Å². The van der Waals surface area contributed by atoms with Crippen molar-refractivity contribution in [1.82, 2.24) is 29.5 Å². The number of imidazole rings is 1. The molecular weight excluding hydrogens is 280 g/mol. The number of aromatic nitrogens is 5. The first-order chi connectivity index (χ1) is 10.8. The van der Waals surface area contributed by atoms with Crippen LogP contribution in [0.4, 0.5) is 0 Å². The number of rotatable bonds is 2. The Morgan fingerprint density at radius 2 is 2.27 bits per heavy atom. The number of fused-ring (bicyclic) bond motifs is 1. The fourth-order valence-corrected chi connectivity index (χ4v) is 3.05. The normalized spacial score (nSPS) is 18.7. The molecule has 22 heavy (non-hydrogen) atoms. The Hall–Kier alpha value is -2.70. The molecule has 3 aromatic rings. The molecule has 0 radical (unpaired) electrons. The highest BCUT2D eigenvalue weighted by Crippen LogP contribution is 2.29. The van der Waals surface area contributed by atoms with Crippen LogP contribution in [0.3, 0.4) is 0 Å². The van der Waals surface area contributed by atoms with E-state index in [9.17, 15) is 4.79 Å². The predicted molar refractivity (Wildman–Crippen MR) is 79.2 cm³/mol. The highest BCUT2D eigenvalue weighted by Gasteiger charge is 2.30. The van der Waals surface area contributed by atoms with Gasteiger partial charge in [-0.2, -0.15) is 5.10 Å². The van der Waals surface area contributed by atoms with E-state index in [1.165, 1.54) is 6.33 Å². The van der Waals surface area contributed by atoms with E-state index in [4.69, 9.17) is 0 Å². The minimum absolute atomic E-state index is 0.0247. The topological polar surface area (TPSA) is 79.2 Å². The third-order valence-electron chi connectivity index (χ3n) is 4.17. The molecule has 112 valence electrons. The lowest BCUT2D eigenvalue weighted by Gasteiger charge is -2.34. The van der Waals surface area contributed by atoms with Crippen molar-refractivity contribution in [2.75, 3.05) is 6.54 Å². The van der Waals surface area contributed by atoms with Crippen molar-refractivity contribution in [2.24, 2.45) is 0 Å². The van der Waals surface area contributed by atoms with E-state index in [0.29, 0.717) is 5.56 Å². The summed E-state index contributed by atoms with van der Waals surface area (Å²) in [5, 5.41) is 6.81. The monoisotopic (exact) mass is 296 g/mol. The Kier molecular flexibility index (Phi) is 3.10. The van der Waals surface area contributed by atoms with Crippen LogP contribution in [0.1, 0.15) is 41.5 Å². The average Bonchev–Trinajstić information content (AvgIpc) is 3.24. The van der Waals surface area contributed by atoms with Gasteiger partial charge >= 0.3 is 0 Å². The molecular formula is C15H16N6O. The minimum atomic E-state index is -0.0257. The molecule has 1 saturated heterocycles. The van der Waals surface area contributed by atoms with E-state index in [1.807, 2.05) is 27.6 Å². The molecule has 1 fully saturated rings. The zero-order valence-electron chi connectivity index (χ0n) is 12.0. The van der Waals surface area contributed by atoms with Gasteiger partial charge < -0.3 is 9.30 Å². The number of carbonyl (C=O) groups excluding carboxylic acids is 1. The Balaban J connectivity index is 1.67. The molecule has 1 aliphatic rings. The molecule has 7 nitrogen and oxygen atoms in total. The molecule has 1 atom stereocenters. The van der Waals surface area contributed by atoms with E-state index >= 15 is 0 Å². The fourth-order valence-electron chi connectivity index (χ4n) is 3.05. The fraction of sp³-hybridized carbons (Fsp3) is 0.333. The van der Waals surface area contributed by atoms with Gasteiger partial charge in [0.25, 0.3) is 5.91 Å². The van der Waals surface area contributed by atoms with Crippen molar-refractivity contribution in [3.8, 4) is 0 Å². The summed E-state index contributed by atoms with van der Waals surface area (Å²) in [6.45, 7) is 0.742. The zero-order chi connectivity index (χ0) is 14.9. The quantitative estimate of drug-likeness (QED) is 0.782. The lowest BCUT2D eigenvalue weighted by atomic mass is 10.0. The van der Waals surface area contributed by atoms with E-state index in [2.05, 4.69) is 20.2 Å². The van der Waals surface area contributed by atoms with Gasteiger partial charge in [-0.15, -0.1) is 0 Å². The summed E-state index contributed by atoms with van der Waals surface area (Å²) in [7, 11) is 0. The van der Waals surface area contributed by atoms with Gasteiger partial charge in [0.15, 0.2) is 0 Å². The molecule has 4 heterocycles. The molecule has 0 bridgehead atoms. The number of nitrogens with zero attached hydrogens (tertiary/aromatic N) is 5. The van der Waals surface area contributed by atoms with Crippen molar-refractivity contribution >= 4 is 11.4 Å². The van der Waals surface area contributed by atoms with Crippen LogP contribution < -0.4 is 0 Å². The minimum Gasteiger partial charge on any atom is -0.328 e. The number of piperidine rings is 1. The maximum atomic E-state index is 12.9. The van der Waals surface area contributed by atoms with Crippen LogP contribution in [0.15, 0.2) is 37.2 Å². The Morgan fingerprint density at radius 3 is 3.14 bits per heavy atom. The molecule has 1 N–H and O–H groups in total. The van der Waals surface area contributed by atoms with Crippen LogP contribution in [0.5, 0.6) is 0 Å². The number of hydrogen-bond donors (Lipinski definition) is 1. The van der Waals surface area contributed by atoms with Crippen LogP contribution in [-0.4, -0.2) is 41.9 Å². The zero-order valence-corrected chi connectivity index (χ0v) is 12.0. The maximum absolute atomic E-state index is 12.9.